The van der Waals surface area contributed by atoms with Gasteiger partial charge >= 0.3 is 0 Å². The summed E-state index contributed by atoms with van der Waals surface area (Å²) in [4.78, 5) is 30.3. The van der Waals surface area contributed by atoms with Gasteiger partial charge in [0.2, 0.25) is 0 Å². The number of hydrogen-bond acceptors (Lipinski definition) is 6. The van der Waals surface area contributed by atoms with Crippen LogP contribution in [0.15, 0.2) is 91.0 Å². The second-order valence-corrected chi connectivity index (χ2v) is 9.84. The van der Waals surface area contributed by atoms with E-state index in [1.165, 1.54) is 60.1 Å². The molecule has 4 fully saturated rings. The van der Waals surface area contributed by atoms with Crippen molar-refractivity contribution in [3.63, 3.8) is 0 Å². The second-order valence-electron chi connectivity index (χ2n) is 9.84. The number of carboxylic acid groups (broad SMARTS) is 3. The molecule has 0 amide bonds. The highest BCUT2D eigenvalue weighted by Crippen LogP contribution is 2.53. The smallest absolute Gasteiger partial charge is 0.0715 e. The lowest BCUT2D eigenvalue weighted by molar-refractivity contribution is -0.256. The molecule has 0 unspecified atom stereocenters. The van der Waals surface area contributed by atoms with Crippen molar-refractivity contribution in [2.75, 3.05) is 0 Å². The molecule has 0 radical (unpaired) electrons. The minimum absolute atomic E-state index is 0.220. The van der Waals surface area contributed by atoms with E-state index in [2.05, 4.69) is 0 Å². The lowest BCUT2D eigenvalue weighted by Crippen LogP contribution is -2.38. The van der Waals surface area contributed by atoms with Gasteiger partial charge in [0.1, 0.15) is 0 Å². The van der Waals surface area contributed by atoms with E-state index in [0.717, 1.165) is 0 Å². The van der Waals surface area contributed by atoms with Gasteiger partial charge in [0.25, 0.3) is 0 Å². The SMILES string of the molecule is C1C2CC3CC1CC(C2)C3.O=C([O-])c1ccccc1.O=C([O-])c1ccccc1.O=C([O-])c1ccccc1. The summed E-state index contributed by atoms with van der Waals surface area (Å²) in [6.45, 7) is 0. The third-order valence-electron chi connectivity index (χ3n) is 7.03. The minimum Gasteiger partial charge on any atom is -0.545 e. The van der Waals surface area contributed by atoms with Gasteiger partial charge in [-0.25, -0.2) is 0 Å². The van der Waals surface area contributed by atoms with Crippen LogP contribution in [0.4, 0.5) is 0 Å². The first-order chi connectivity index (χ1) is 17.8. The number of carboxylic acids is 3. The van der Waals surface area contributed by atoms with E-state index in [9.17, 15) is 29.7 Å². The minimum atomic E-state index is -1.13. The van der Waals surface area contributed by atoms with Crippen LogP contribution in [0.3, 0.4) is 0 Å². The molecule has 0 aliphatic heterocycles. The van der Waals surface area contributed by atoms with Crippen LogP contribution in [-0.4, -0.2) is 17.9 Å². The zero-order valence-electron chi connectivity index (χ0n) is 20.7. The predicted octanol–water partition coefficient (Wildman–Crippen LogP) is 2.98. The van der Waals surface area contributed by atoms with Gasteiger partial charge < -0.3 is 29.7 Å². The van der Waals surface area contributed by atoms with Crippen molar-refractivity contribution in [1.29, 1.82) is 0 Å². The maximum absolute atomic E-state index is 10.1. The lowest BCUT2D eigenvalue weighted by Gasteiger charge is -2.49. The Hall–Kier alpha value is -3.93. The first-order valence-corrected chi connectivity index (χ1v) is 12.6. The molecule has 6 nitrogen and oxygen atoms in total. The average Bonchev–Trinajstić information content (AvgIpc) is 2.90. The Bertz CT molecular complexity index is 954. The molecule has 37 heavy (non-hydrogen) atoms. The third-order valence-corrected chi connectivity index (χ3v) is 7.03. The molecule has 0 spiro atoms. The van der Waals surface area contributed by atoms with E-state index in [0.29, 0.717) is 0 Å². The Morgan fingerprint density at radius 3 is 0.730 bits per heavy atom. The summed E-state index contributed by atoms with van der Waals surface area (Å²) in [6, 6.07) is 24.2. The van der Waals surface area contributed by atoms with Gasteiger partial charge in [0.05, 0.1) is 17.9 Å². The zero-order chi connectivity index (χ0) is 26.6. The summed E-state index contributed by atoms with van der Waals surface area (Å²) < 4.78 is 0. The van der Waals surface area contributed by atoms with Crippen molar-refractivity contribution in [2.45, 2.75) is 38.5 Å². The number of hydrogen-bond donors (Lipinski definition) is 0. The molecular formula is C31H31O6-3. The van der Waals surface area contributed by atoms with Crippen molar-refractivity contribution < 1.29 is 29.7 Å². The Labute approximate surface area is 217 Å². The van der Waals surface area contributed by atoms with E-state index >= 15 is 0 Å². The number of aromatic carboxylic acids is 3. The van der Waals surface area contributed by atoms with Gasteiger partial charge in [-0.2, -0.15) is 0 Å². The van der Waals surface area contributed by atoms with Gasteiger partial charge in [-0.05, 0) is 78.9 Å². The average molecular weight is 500 g/mol. The van der Waals surface area contributed by atoms with Crippen molar-refractivity contribution in [1.82, 2.24) is 0 Å². The molecule has 0 N–H and O–H groups in total. The molecule has 4 aliphatic rings. The van der Waals surface area contributed by atoms with Crippen molar-refractivity contribution in [2.24, 2.45) is 23.7 Å². The Balaban J connectivity index is 0.000000137. The van der Waals surface area contributed by atoms with E-state index < -0.39 is 17.9 Å². The number of rotatable bonds is 3. The molecule has 3 aromatic rings. The van der Waals surface area contributed by atoms with Crippen LogP contribution in [0.5, 0.6) is 0 Å². The quantitative estimate of drug-likeness (QED) is 0.546. The fourth-order valence-corrected chi connectivity index (χ4v) is 5.71. The van der Waals surface area contributed by atoms with E-state index in [1.807, 2.05) is 0 Å². The summed E-state index contributed by atoms with van der Waals surface area (Å²) in [5, 5.41) is 30.3. The Morgan fingerprint density at radius 1 is 0.405 bits per heavy atom. The third kappa shape index (κ3) is 9.22. The van der Waals surface area contributed by atoms with Gasteiger partial charge in [0, 0.05) is 0 Å². The highest BCUT2D eigenvalue weighted by molar-refractivity contribution is 5.86. The fraction of sp³-hybridized carbons (Fsp3) is 0.323. The largest absolute Gasteiger partial charge is 0.545 e. The zero-order valence-corrected chi connectivity index (χ0v) is 20.7. The molecule has 7 rings (SSSR count). The van der Waals surface area contributed by atoms with Crippen molar-refractivity contribution in [3.05, 3.63) is 108 Å². The second kappa shape index (κ2) is 14.0. The Morgan fingerprint density at radius 2 is 0.595 bits per heavy atom. The Kier molecular flexibility index (Phi) is 10.4. The van der Waals surface area contributed by atoms with Crippen molar-refractivity contribution in [3.8, 4) is 0 Å². The van der Waals surface area contributed by atoms with Crippen LogP contribution in [0.2, 0.25) is 0 Å². The predicted molar refractivity (Wildman–Crippen MR) is 134 cm³/mol. The van der Waals surface area contributed by atoms with E-state index in [1.54, 1.807) is 93.1 Å². The summed E-state index contributed by atoms with van der Waals surface area (Å²) in [6.07, 6.45) is 9.62. The molecule has 4 saturated carbocycles. The monoisotopic (exact) mass is 499 g/mol. The van der Waals surface area contributed by atoms with Crippen LogP contribution in [0.25, 0.3) is 0 Å². The number of carbonyl (C=O) groups is 3. The first kappa shape index (κ1) is 27.7. The van der Waals surface area contributed by atoms with Gasteiger partial charge in [0.15, 0.2) is 0 Å². The summed E-state index contributed by atoms with van der Waals surface area (Å²) >= 11 is 0. The maximum Gasteiger partial charge on any atom is 0.0715 e. The van der Waals surface area contributed by atoms with Crippen LogP contribution in [0, 0.1) is 23.7 Å². The van der Waals surface area contributed by atoms with Crippen LogP contribution in [0.1, 0.15) is 69.6 Å². The van der Waals surface area contributed by atoms with E-state index in [4.69, 9.17) is 0 Å². The van der Waals surface area contributed by atoms with Gasteiger partial charge in [-0.1, -0.05) is 91.0 Å². The maximum atomic E-state index is 10.1. The van der Waals surface area contributed by atoms with Crippen molar-refractivity contribution >= 4 is 17.9 Å². The van der Waals surface area contributed by atoms with E-state index in [-0.39, 0.29) is 16.7 Å². The van der Waals surface area contributed by atoms with Gasteiger partial charge in [-0.3, -0.25) is 0 Å². The molecule has 0 aromatic heterocycles. The molecule has 194 valence electrons. The molecule has 0 saturated heterocycles. The molecule has 0 atom stereocenters. The first-order valence-electron chi connectivity index (χ1n) is 12.6. The topological polar surface area (TPSA) is 120 Å². The molecular weight excluding hydrogens is 468 g/mol. The number of carbonyl (C=O) groups excluding carboxylic acids is 3. The standard InChI is InChI=1S/C10H16.3C7H6O2/c1-7-2-9-4-8(1)5-10(3-7)6-9;3*8-7(9)6-4-2-1-3-5-6/h7-10H,1-6H2;3*1-5H,(H,8,9)/p-3. The lowest BCUT2D eigenvalue weighted by atomic mass is 9.56. The van der Waals surface area contributed by atoms with Crippen LogP contribution >= 0.6 is 0 Å². The molecule has 4 bridgehead atoms. The molecule has 3 aromatic carbocycles. The normalized spacial score (nSPS) is 22.1. The summed E-state index contributed by atoms with van der Waals surface area (Å²) in [5.41, 5.74) is 0.660. The summed E-state index contributed by atoms with van der Waals surface area (Å²) in [7, 11) is 0. The van der Waals surface area contributed by atoms with Gasteiger partial charge in [-0.15, -0.1) is 0 Å². The molecule has 0 heterocycles. The van der Waals surface area contributed by atoms with Crippen LogP contribution in [-0.2, 0) is 0 Å². The molecule has 6 heteroatoms. The number of benzene rings is 3. The highest BCUT2D eigenvalue weighted by atomic mass is 16.4. The van der Waals surface area contributed by atoms with Crippen LogP contribution < -0.4 is 15.3 Å². The molecule has 4 aliphatic carbocycles. The summed E-state index contributed by atoms with van der Waals surface area (Å²) in [5.74, 6) is 1.32. The fourth-order valence-electron chi connectivity index (χ4n) is 5.71. The highest BCUT2D eigenvalue weighted by Gasteiger charge is 2.41.